The lowest BCUT2D eigenvalue weighted by Crippen LogP contribution is -2.47. The van der Waals surface area contributed by atoms with E-state index < -0.39 is 0 Å². The van der Waals surface area contributed by atoms with Gasteiger partial charge in [0.05, 0.1) is 18.4 Å². The Morgan fingerprint density at radius 3 is 3.07 bits per heavy atom. The molecule has 15 heavy (non-hydrogen) atoms. The number of rotatable bonds is 4. The first-order chi connectivity index (χ1) is 7.40. The van der Waals surface area contributed by atoms with Gasteiger partial charge in [0, 0.05) is 13.0 Å². The van der Waals surface area contributed by atoms with Crippen molar-refractivity contribution < 1.29 is 9.15 Å². The van der Waals surface area contributed by atoms with E-state index in [9.17, 15) is 0 Å². The Balaban J connectivity index is 1.91. The molecule has 0 saturated carbocycles. The molecule has 0 aliphatic carbocycles. The maximum absolute atomic E-state index is 5.70. The molecule has 0 amide bonds. The lowest BCUT2D eigenvalue weighted by Gasteiger charge is -2.29. The Labute approximate surface area is 89.7 Å². The van der Waals surface area contributed by atoms with E-state index in [1.165, 1.54) is 6.42 Å². The molecule has 2 rings (SSSR count). The van der Waals surface area contributed by atoms with Gasteiger partial charge in [-0.15, -0.1) is 0 Å². The molecule has 0 bridgehead atoms. The Morgan fingerprint density at radius 2 is 2.47 bits per heavy atom. The molecule has 2 atom stereocenters. The van der Waals surface area contributed by atoms with Crippen molar-refractivity contribution in [2.45, 2.75) is 37.8 Å². The summed E-state index contributed by atoms with van der Waals surface area (Å²) in [6.07, 6.45) is 6.15. The summed E-state index contributed by atoms with van der Waals surface area (Å²) in [7, 11) is 0. The van der Waals surface area contributed by atoms with Crippen molar-refractivity contribution in [1.29, 1.82) is 0 Å². The zero-order valence-corrected chi connectivity index (χ0v) is 8.82. The SMILES string of the molecule is NNC(Cc1ccco1)C1CCCCO1. The summed E-state index contributed by atoms with van der Waals surface area (Å²) in [6, 6.07) is 4.01. The summed E-state index contributed by atoms with van der Waals surface area (Å²) < 4.78 is 11.0. The van der Waals surface area contributed by atoms with Gasteiger partial charge in [-0.2, -0.15) is 0 Å². The van der Waals surface area contributed by atoms with Crippen molar-refractivity contribution in [3.05, 3.63) is 24.2 Å². The summed E-state index contributed by atoms with van der Waals surface area (Å²) in [5.74, 6) is 6.50. The van der Waals surface area contributed by atoms with Crippen molar-refractivity contribution in [2.75, 3.05) is 6.61 Å². The van der Waals surface area contributed by atoms with Gasteiger partial charge in [0.25, 0.3) is 0 Å². The summed E-state index contributed by atoms with van der Waals surface area (Å²) >= 11 is 0. The molecule has 2 unspecified atom stereocenters. The molecular formula is C11H18N2O2. The van der Waals surface area contributed by atoms with E-state index in [2.05, 4.69) is 5.43 Å². The van der Waals surface area contributed by atoms with Crippen LogP contribution in [0.15, 0.2) is 22.8 Å². The molecule has 0 spiro atoms. The summed E-state index contributed by atoms with van der Waals surface area (Å²) in [5, 5.41) is 0. The van der Waals surface area contributed by atoms with Crippen molar-refractivity contribution in [2.24, 2.45) is 5.84 Å². The van der Waals surface area contributed by atoms with Crippen LogP contribution < -0.4 is 11.3 Å². The quantitative estimate of drug-likeness (QED) is 0.579. The highest BCUT2D eigenvalue weighted by Crippen LogP contribution is 2.18. The second-order valence-electron chi connectivity index (χ2n) is 3.96. The van der Waals surface area contributed by atoms with Crippen molar-refractivity contribution in [3.8, 4) is 0 Å². The van der Waals surface area contributed by atoms with Gasteiger partial charge in [0.2, 0.25) is 0 Å². The summed E-state index contributed by atoms with van der Waals surface area (Å²) in [6.45, 7) is 0.848. The third-order valence-corrected chi connectivity index (χ3v) is 2.88. The third kappa shape index (κ3) is 2.81. The van der Waals surface area contributed by atoms with Crippen LogP contribution in [0.3, 0.4) is 0 Å². The van der Waals surface area contributed by atoms with Crippen LogP contribution in [0.25, 0.3) is 0 Å². The van der Waals surface area contributed by atoms with Crippen LogP contribution in [-0.4, -0.2) is 18.8 Å². The van der Waals surface area contributed by atoms with E-state index in [-0.39, 0.29) is 12.1 Å². The molecular weight excluding hydrogens is 192 g/mol. The largest absolute Gasteiger partial charge is 0.469 e. The van der Waals surface area contributed by atoms with Gasteiger partial charge in [-0.25, -0.2) is 0 Å². The van der Waals surface area contributed by atoms with E-state index in [4.69, 9.17) is 15.0 Å². The molecule has 1 aliphatic rings. The van der Waals surface area contributed by atoms with Crippen LogP contribution in [0.4, 0.5) is 0 Å². The summed E-state index contributed by atoms with van der Waals surface area (Å²) in [5.41, 5.74) is 2.83. The van der Waals surface area contributed by atoms with Crippen LogP contribution in [-0.2, 0) is 11.2 Å². The first kappa shape index (κ1) is 10.7. The predicted molar refractivity (Wildman–Crippen MR) is 57.1 cm³/mol. The molecule has 2 heterocycles. The topological polar surface area (TPSA) is 60.4 Å². The van der Waals surface area contributed by atoms with Gasteiger partial charge < -0.3 is 9.15 Å². The second-order valence-corrected chi connectivity index (χ2v) is 3.96. The minimum absolute atomic E-state index is 0.149. The minimum Gasteiger partial charge on any atom is -0.469 e. The van der Waals surface area contributed by atoms with Gasteiger partial charge in [-0.1, -0.05) is 0 Å². The maximum Gasteiger partial charge on any atom is 0.105 e. The number of nitrogens with two attached hydrogens (primary N) is 1. The smallest absolute Gasteiger partial charge is 0.105 e. The van der Waals surface area contributed by atoms with Crippen molar-refractivity contribution >= 4 is 0 Å². The molecule has 0 radical (unpaired) electrons. The highest BCUT2D eigenvalue weighted by molar-refractivity contribution is 5.01. The molecule has 4 heteroatoms. The van der Waals surface area contributed by atoms with Gasteiger partial charge >= 0.3 is 0 Å². The van der Waals surface area contributed by atoms with E-state index in [1.54, 1.807) is 6.26 Å². The average molecular weight is 210 g/mol. The van der Waals surface area contributed by atoms with E-state index >= 15 is 0 Å². The Kier molecular flexibility index (Phi) is 3.77. The number of furan rings is 1. The molecule has 84 valence electrons. The predicted octanol–water partition coefficient (Wildman–Crippen LogP) is 1.22. The summed E-state index contributed by atoms with van der Waals surface area (Å²) in [4.78, 5) is 0. The van der Waals surface area contributed by atoms with E-state index in [0.29, 0.717) is 0 Å². The van der Waals surface area contributed by atoms with Crippen LogP contribution >= 0.6 is 0 Å². The number of nitrogens with one attached hydrogen (secondary N) is 1. The van der Waals surface area contributed by atoms with Crippen LogP contribution in [0.1, 0.15) is 25.0 Å². The zero-order chi connectivity index (χ0) is 10.5. The molecule has 3 N–H and O–H groups in total. The number of hydrogen-bond donors (Lipinski definition) is 2. The molecule has 0 aromatic carbocycles. The first-order valence-corrected chi connectivity index (χ1v) is 5.50. The van der Waals surface area contributed by atoms with Gasteiger partial charge in [0.15, 0.2) is 0 Å². The lowest BCUT2D eigenvalue weighted by atomic mass is 9.99. The standard InChI is InChI=1S/C11H18N2O2/c12-13-10(8-9-4-3-7-14-9)11-5-1-2-6-15-11/h3-4,7,10-11,13H,1-2,5-6,8,12H2. The highest BCUT2D eigenvalue weighted by atomic mass is 16.5. The number of hydrazine groups is 1. The Bertz CT molecular complexity index is 268. The molecule has 1 fully saturated rings. The van der Waals surface area contributed by atoms with E-state index in [0.717, 1.165) is 31.6 Å². The lowest BCUT2D eigenvalue weighted by molar-refractivity contribution is -0.00838. The number of hydrogen-bond acceptors (Lipinski definition) is 4. The normalized spacial score (nSPS) is 23.9. The maximum atomic E-state index is 5.70. The van der Waals surface area contributed by atoms with Gasteiger partial charge in [0.1, 0.15) is 5.76 Å². The molecule has 1 aromatic rings. The Hall–Kier alpha value is -0.840. The monoisotopic (exact) mass is 210 g/mol. The van der Waals surface area contributed by atoms with Crippen LogP contribution in [0, 0.1) is 0 Å². The Morgan fingerprint density at radius 1 is 1.53 bits per heavy atom. The van der Waals surface area contributed by atoms with Crippen molar-refractivity contribution in [3.63, 3.8) is 0 Å². The number of ether oxygens (including phenoxy) is 1. The van der Waals surface area contributed by atoms with Crippen LogP contribution in [0.5, 0.6) is 0 Å². The fraction of sp³-hybridized carbons (Fsp3) is 0.636. The third-order valence-electron chi connectivity index (χ3n) is 2.88. The molecule has 1 aliphatic heterocycles. The van der Waals surface area contributed by atoms with Crippen LogP contribution in [0.2, 0.25) is 0 Å². The van der Waals surface area contributed by atoms with Gasteiger partial charge in [-0.3, -0.25) is 11.3 Å². The van der Waals surface area contributed by atoms with Crippen molar-refractivity contribution in [1.82, 2.24) is 5.43 Å². The molecule has 4 nitrogen and oxygen atoms in total. The first-order valence-electron chi connectivity index (χ1n) is 5.50. The van der Waals surface area contributed by atoms with Gasteiger partial charge in [-0.05, 0) is 31.4 Å². The average Bonchev–Trinajstić information content (AvgIpc) is 2.80. The highest BCUT2D eigenvalue weighted by Gasteiger charge is 2.24. The minimum atomic E-state index is 0.149. The molecule has 1 aromatic heterocycles. The van der Waals surface area contributed by atoms with E-state index in [1.807, 2.05) is 12.1 Å². The fourth-order valence-electron chi connectivity index (χ4n) is 2.03. The fourth-order valence-corrected chi connectivity index (χ4v) is 2.03. The second kappa shape index (κ2) is 5.30. The zero-order valence-electron chi connectivity index (χ0n) is 8.82. The molecule has 1 saturated heterocycles.